The molecule has 0 bridgehead atoms. The van der Waals surface area contributed by atoms with Gasteiger partial charge in [0.05, 0.1) is 10.7 Å². The first kappa shape index (κ1) is 17.6. The molecule has 3 aromatic rings. The highest BCUT2D eigenvalue weighted by Crippen LogP contribution is 2.33. The number of benzene rings is 2. The quantitative estimate of drug-likeness (QED) is 0.520. The van der Waals surface area contributed by atoms with Crippen LogP contribution >= 0.6 is 34.8 Å². The Morgan fingerprint density at radius 1 is 0.880 bits per heavy atom. The largest absolute Gasteiger partial charge is 0.393 e. The van der Waals surface area contributed by atoms with Crippen LogP contribution < -0.4 is 16.4 Å². The SMILES string of the molecule is Cc1c(Cl)cccc1Nc1ncnc(Nc2ccc(Cl)cc2Cl)c1N. The normalized spacial score (nSPS) is 10.6. The third kappa shape index (κ3) is 3.90. The lowest BCUT2D eigenvalue weighted by Crippen LogP contribution is -2.06. The highest BCUT2D eigenvalue weighted by molar-refractivity contribution is 6.36. The van der Waals surface area contributed by atoms with E-state index in [1.54, 1.807) is 18.2 Å². The summed E-state index contributed by atoms with van der Waals surface area (Å²) in [5.74, 6) is 0.898. The minimum absolute atomic E-state index is 0.355. The zero-order chi connectivity index (χ0) is 18.0. The van der Waals surface area contributed by atoms with Crippen molar-refractivity contribution in [3.8, 4) is 0 Å². The van der Waals surface area contributed by atoms with Gasteiger partial charge in [0.15, 0.2) is 11.6 Å². The van der Waals surface area contributed by atoms with Gasteiger partial charge in [-0.25, -0.2) is 9.97 Å². The maximum atomic E-state index is 6.19. The zero-order valence-electron chi connectivity index (χ0n) is 13.1. The van der Waals surface area contributed by atoms with Crippen LogP contribution in [0.1, 0.15) is 5.56 Å². The van der Waals surface area contributed by atoms with Crippen molar-refractivity contribution in [3.63, 3.8) is 0 Å². The summed E-state index contributed by atoms with van der Waals surface area (Å²) in [5, 5.41) is 7.93. The number of hydrogen-bond acceptors (Lipinski definition) is 5. The van der Waals surface area contributed by atoms with E-state index >= 15 is 0 Å². The van der Waals surface area contributed by atoms with Crippen molar-refractivity contribution in [2.75, 3.05) is 16.4 Å². The van der Waals surface area contributed by atoms with Crippen LogP contribution in [0.4, 0.5) is 28.7 Å². The molecule has 0 atom stereocenters. The number of rotatable bonds is 4. The third-order valence-corrected chi connectivity index (χ3v) is 4.55. The van der Waals surface area contributed by atoms with E-state index in [1.807, 2.05) is 25.1 Å². The van der Waals surface area contributed by atoms with E-state index in [1.165, 1.54) is 6.33 Å². The summed E-state index contributed by atoms with van der Waals surface area (Å²) in [6.07, 6.45) is 1.41. The van der Waals surface area contributed by atoms with E-state index in [-0.39, 0.29) is 0 Å². The highest BCUT2D eigenvalue weighted by atomic mass is 35.5. The van der Waals surface area contributed by atoms with Gasteiger partial charge in [-0.05, 0) is 42.8 Å². The van der Waals surface area contributed by atoms with Gasteiger partial charge in [0.2, 0.25) is 0 Å². The molecule has 5 nitrogen and oxygen atoms in total. The van der Waals surface area contributed by atoms with Crippen LogP contribution in [-0.2, 0) is 0 Å². The Hall–Kier alpha value is -2.21. The molecule has 0 aliphatic heterocycles. The molecule has 1 aromatic heterocycles. The van der Waals surface area contributed by atoms with Crippen molar-refractivity contribution in [2.24, 2.45) is 0 Å². The van der Waals surface area contributed by atoms with Gasteiger partial charge >= 0.3 is 0 Å². The van der Waals surface area contributed by atoms with E-state index in [2.05, 4.69) is 20.6 Å². The molecule has 0 spiro atoms. The Morgan fingerprint density at radius 3 is 2.24 bits per heavy atom. The Morgan fingerprint density at radius 2 is 1.56 bits per heavy atom. The van der Waals surface area contributed by atoms with Gasteiger partial charge in [-0.15, -0.1) is 0 Å². The van der Waals surface area contributed by atoms with E-state index in [9.17, 15) is 0 Å². The number of anilines is 5. The summed E-state index contributed by atoms with van der Waals surface area (Å²) in [6.45, 7) is 1.91. The van der Waals surface area contributed by atoms with Gasteiger partial charge in [0, 0.05) is 15.7 Å². The van der Waals surface area contributed by atoms with Gasteiger partial charge in [-0.1, -0.05) is 40.9 Å². The maximum Gasteiger partial charge on any atom is 0.159 e. The summed E-state index contributed by atoms with van der Waals surface area (Å²) in [4.78, 5) is 8.37. The number of nitrogens with one attached hydrogen (secondary N) is 2. The summed E-state index contributed by atoms with van der Waals surface area (Å²) >= 11 is 18.2. The molecule has 25 heavy (non-hydrogen) atoms. The molecule has 0 saturated carbocycles. The molecule has 8 heteroatoms. The molecule has 3 rings (SSSR count). The van der Waals surface area contributed by atoms with Crippen molar-refractivity contribution in [3.05, 3.63) is 63.4 Å². The molecular formula is C17H14Cl3N5. The standard InChI is InChI=1S/C17H14Cl3N5/c1-9-11(19)3-2-4-13(9)24-16-15(21)17(23-8-22-16)25-14-6-5-10(18)7-12(14)20/h2-8H,21H2,1H3,(H2,22,23,24,25). The van der Waals surface area contributed by atoms with Crippen molar-refractivity contribution in [2.45, 2.75) is 6.92 Å². The van der Waals surface area contributed by atoms with Gasteiger partial charge in [0.1, 0.15) is 12.0 Å². The number of nitrogens with zero attached hydrogens (tertiary/aromatic N) is 2. The second kappa shape index (κ2) is 7.35. The number of aromatic nitrogens is 2. The predicted molar refractivity (Wildman–Crippen MR) is 106 cm³/mol. The molecule has 0 aliphatic carbocycles. The van der Waals surface area contributed by atoms with E-state index in [0.717, 1.165) is 11.3 Å². The molecule has 0 amide bonds. The van der Waals surface area contributed by atoms with Crippen LogP contribution in [0.5, 0.6) is 0 Å². The summed E-state index contributed by atoms with van der Waals surface area (Å²) in [5.41, 5.74) is 8.90. The molecular weight excluding hydrogens is 381 g/mol. The smallest absolute Gasteiger partial charge is 0.159 e. The summed E-state index contributed by atoms with van der Waals surface area (Å²) in [7, 11) is 0. The lowest BCUT2D eigenvalue weighted by atomic mass is 10.2. The molecule has 0 aliphatic rings. The van der Waals surface area contributed by atoms with Crippen molar-refractivity contribution in [1.82, 2.24) is 9.97 Å². The zero-order valence-corrected chi connectivity index (χ0v) is 15.4. The molecule has 0 fully saturated rings. The first-order chi connectivity index (χ1) is 12.0. The van der Waals surface area contributed by atoms with Crippen LogP contribution in [0, 0.1) is 6.92 Å². The fourth-order valence-electron chi connectivity index (χ4n) is 2.18. The van der Waals surface area contributed by atoms with Crippen molar-refractivity contribution in [1.29, 1.82) is 0 Å². The Labute approximate surface area is 160 Å². The first-order valence-electron chi connectivity index (χ1n) is 7.30. The Kier molecular flexibility index (Phi) is 5.18. The highest BCUT2D eigenvalue weighted by Gasteiger charge is 2.12. The minimum Gasteiger partial charge on any atom is -0.393 e. The minimum atomic E-state index is 0.355. The lowest BCUT2D eigenvalue weighted by molar-refractivity contribution is 1.17. The van der Waals surface area contributed by atoms with Gasteiger partial charge in [-0.2, -0.15) is 0 Å². The van der Waals surface area contributed by atoms with Crippen molar-refractivity contribution >= 4 is 63.5 Å². The molecule has 1 heterocycles. The molecule has 0 saturated heterocycles. The van der Waals surface area contributed by atoms with Crippen LogP contribution in [0.2, 0.25) is 15.1 Å². The van der Waals surface area contributed by atoms with Crippen LogP contribution in [0.3, 0.4) is 0 Å². The number of nitrogens with two attached hydrogens (primary N) is 1. The molecule has 128 valence electrons. The fourth-order valence-corrected chi connectivity index (χ4v) is 2.81. The number of nitrogen functional groups attached to an aromatic ring is 1. The van der Waals surface area contributed by atoms with E-state index in [4.69, 9.17) is 40.5 Å². The monoisotopic (exact) mass is 393 g/mol. The predicted octanol–water partition coefficient (Wildman–Crippen LogP) is 5.81. The number of hydrogen-bond donors (Lipinski definition) is 3. The molecule has 0 radical (unpaired) electrons. The average Bonchev–Trinajstić information content (AvgIpc) is 2.57. The van der Waals surface area contributed by atoms with Gasteiger partial charge in [-0.3, -0.25) is 0 Å². The van der Waals surface area contributed by atoms with Crippen LogP contribution in [0.25, 0.3) is 0 Å². The topological polar surface area (TPSA) is 75.9 Å². The molecule has 2 aromatic carbocycles. The third-order valence-electron chi connectivity index (χ3n) is 3.59. The molecule has 4 N–H and O–H groups in total. The first-order valence-corrected chi connectivity index (χ1v) is 8.44. The summed E-state index contributed by atoms with van der Waals surface area (Å²) in [6, 6.07) is 10.7. The van der Waals surface area contributed by atoms with Crippen LogP contribution in [0.15, 0.2) is 42.7 Å². The Bertz CT molecular complexity index is 930. The van der Waals surface area contributed by atoms with Gasteiger partial charge in [0.25, 0.3) is 0 Å². The second-order valence-electron chi connectivity index (χ2n) is 5.27. The second-order valence-corrected chi connectivity index (χ2v) is 6.52. The average molecular weight is 395 g/mol. The molecule has 0 unspecified atom stereocenters. The lowest BCUT2D eigenvalue weighted by Gasteiger charge is -2.15. The van der Waals surface area contributed by atoms with E-state index < -0.39 is 0 Å². The van der Waals surface area contributed by atoms with Gasteiger partial charge < -0.3 is 16.4 Å². The Balaban J connectivity index is 1.91. The summed E-state index contributed by atoms with van der Waals surface area (Å²) < 4.78 is 0. The van der Waals surface area contributed by atoms with Crippen molar-refractivity contribution < 1.29 is 0 Å². The van der Waals surface area contributed by atoms with Crippen LogP contribution in [-0.4, -0.2) is 9.97 Å². The number of halogens is 3. The maximum absolute atomic E-state index is 6.19. The fraction of sp³-hybridized carbons (Fsp3) is 0.0588. The van der Waals surface area contributed by atoms with E-state index in [0.29, 0.717) is 38.1 Å².